The van der Waals surface area contributed by atoms with Crippen LogP contribution in [0.1, 0.15) is 37.8 Å². The molecule has 0 saturated carbocycles. The summed E-state index contributed by atoms with van der Waals surface area (Å²) in [5.41, 5.74) is 1.28. The summed E-state index contributed by atoms with van der Waals surface area (Å²) in [4.78, 5) is 0. The van der Waals surface area contributed by atoms with Crippen molar-refractivity contribution in [3.63, 3.8) is 0 Å². The maximum Gasteiger partial charge on any atom is 0.118 e. The Labute approximate surface area is 104 Å². The zero-order valence-corrected chi connectivity index (χ0v) is 10.8. The van der Waals surface area contributed by atoms with Crippen molar-refractivity contribution in [2.24, 2.45) is 0 Å². The van der Waals surface area contributed by atoms with Gasteiger partial charge in [-0.25, -0.2) is 0 Å². The highest BCUT2D eigenvalue weighted by Crippen LogP contribution is 2.21. The molecule has 0 radical (unpaired) electrons. The van der Waals surface area contributed by atoms with Gasteiger partial charge in [0.2, 0.25) is 0 Å². The van der Waals surface area contributed by atoms with Gasteiger partial charge in [0.1, 0.15) is 5.75 Å². The van der Waals surface area contributed by atoms with Crippen molar-refractivity contribution in [1.29, 1.82) is 0 Å². The van der Waals surface area contributed by atoms with Crippen LogP contribution in [-0.2, 0) is 0 Å². The lowest BCUT2D eigenvalue weighted by Crippen LogP contribution is -2.23. The minimum Gasteiger partial charge on any atom is -0.497 e. The molecule has 0 aliphatic carbocycles. The quantitative estimate of drug-likeness (QED) is 0.683. The number of ether oxygens (including phenoxy) is 1. The molecule has 0 aliphatic rings. The first-order valence-corrected chi connectivity index (χ1v) is 6.30. The molecule has 0 amide bonds. The van der Waals surface area contributed by atoms with Gasteiger partial charge in [0.05, 0.1) is 7.11 Å². The number of benzene rings is 1. The Morgan fingerprint density at radius 1 is 1.29 bits per heavy atom. The number of methoxy groups -OCH3 is 1. The number of nitrogens with one attached hydrogen (secondary N) is 1. The average Bonchev–Trinajstić information content (AvgIpc) is 2.38. The first kappa shape index (κ1) is 14.0. The normalized spacial score (nSPS) is 12.4. The van der Waals surface area contributed by atoms with E-state index >= 15 is 0 Å². The summed E-state index contributed by atoms with van der Waals surface area (Å²) in [5, 5.41) is 12.3. The second kappa shape index (κ2) is 8.09. The molecule has 0 aromatic heterocycles. The van der Waals surface area contributed by atoms with E-state index in [1.165, 1.54) is 5.56 Å². The van der Waals surface area contributed by atoms with E-state index in [1.54, 1.807) is 7.11 Å². The summed E-state index contributed by atoms with van der Waals surface area (Å²) in [6.07, 6.45) is 3.05. The third-order valence-corrected chi connectivity index (χ3v) is 2.82. The summed E-state index contributed by atoms with van der Waals surface area (Å²) in [7, 11) is 1.68. The first-order valence-electron chi connectivity index (χ1n) is 6.30. The van der Waals surface area contributed by atoms with Crippen molar-refractivity contribution in [3.05, 3.63) is 29.8 Å². The Kier molecular flexibility index (Phi) is 6.67. The van der Waals surface area contributed by atoms with Gasteiger partial charge in [-0.05, 0) is 37.1 Å². The minimum absolute atomic E-state index is 0.245. The van der Waals surface area contributed by atoms with Gasteiger partial charge in [-0.2, -0.15) is 0 Å². The Bertz CT molecular complexity index is 298. The van der Waals surface area contributed by atoms with E-state index < -0.39 is 0 Å². The van der Waals surface area contributed by atoms with E-state index in [-0.39, 0.29) is 6.61 Å². The lowest BCUT2D eigenvalue weighted by Gasteiger charge is -2.18. The SMILES string of the molecule is CCCC(NCCCO)c1ccc(OC)cc1. The topological polar surface area (TPSA) is 41.5 Å². The molecule has 96 valence electrons. The zero-order valence-electron chi connectivity index (χ0n) is 10.8. The van der Waals surface area contributed by atoms with Crippen LogP contribution in [0.5, 0.6) is 5.75 Å². The van der Waals surface area contributed by atoms with Crippen LogP contribution in [0.2, 0.25) is 0 Å². The molecule has 3 nitrogen and oxygen atoms in total. The maximum absolute atomic E-state index is 8.79. The first-order chi connectivity index (χ1) is 8.31. The van der Waals surface area contributed by atoms with Crippen LogP contribution in [0.4, 0.5) is 0 Å². The lowest BCUT2D eigenvalue weighted by atomic mass is 10.0. The van der Waals surface area contributed by atoms with E-state index in [0.717, 1.165) is 31.6 Å². The monoisotopic (exact) mass is 237 g/mol. The van der Waals surface area contributed by atoms with Gasteiger partial charge < -0.3 is 15.2 Å². The molecule has 1 rings (SSSR count). The van der Waals surface area contributed by atoms with E-state index in [0.29, 0.717) is 6.04 Å². The van der Waals surface area contributed by atoms with Crippen molar-refractivity contribution in [2.45, 2.75) is 32.2 Å². The molecule has 17 heavy (non-hydrogen) atoms. The summed E-state index contributed by atoms with van der Waals surface area (Å²) in [6, 6.07) is 8.56. The van der Waals surface area contributed by atoms with Gasteiger partial charge in [-0.1, -0.05) is 25.5 Å². The van der Waals surface area contributed by atoms with E-state index in [4.69, 9.17) is 9.84 Å². The van der Waals surface area contributed by atoms with Crippen LogP contribution >= 0.6 is 0 Å². The summed E-state index contributed by atoms with van der Waals surface area (Å²) < 4.78 is 5.15. The molecule has 1 atom stereocenters. The Balaban J connectivity index is 2.60. The van der Waals surface area contributed by atoms with Crippen LogP contribution in [0, 0.1) is 0 Å². The second-order valence-electron chi connectivity index (χ2n) is 4.15. The molecule has 0 heterocycles. The van der Waals surface area contributed by atoms with Crippen LogP contribution in [0.25, 0.3) is 0 Å². The highest BCUT2D eigenvalue weighted by molar-refractivity contribution is 5.29. The van der Waals surface area contributed by atoms with Crippen LogP contribution < -0.4 is 10.1 Å². The molecule has 0 aliphatic heterocycles. The number of rotatable bonds is 8. The molecule has 0 fully saturated rings. The summed E-state index contributed by atoms with van der Waals surface area (Å²) >= 11 is 0. The van der Waals surface area contributed by atoms with Gasteiger partial charge in [-0.15, -0.1) is 0 Å². The molecule has 1 aromatic carbocycles. The maximum atomic E-state index is 8.79. The van der Waals surface area contributed by atoms with Crippen LogP contribution in [-0.4, -0.2) is 25.4 Å². The fraction of sp³-hybridized carbons (Fsp3) is 0.571. The fourth-order valence-electron chi connectivity index (χ4n) is 1.87. The molecule has 2 N–H and O–H groups in total. The fourth-order valence-corrected chi connectivity index (χ4v) is 1.87. The average molecular weight is 237 g/mol. The number of aliphatic hydroxyl groups is 1. The van der Waals surface area contributed by atoms with Gasteiger partial charge in [0.25, 0.3) is 0 Å². The van der Waals surface area contributed by atoms with Gasteiger partial charge >= 0.3 is 0 Å². The number of hydrogen-bond donors (Lipinski definition) is 2. The summed E-state index contributed by atoms with van der Waals surface area (Å²) in [6.45, 7) is 3.28. The molecule has 3 heteroatoms. The molecular weight excluding hydrogens is 214 g/mol. The van der Waals surface area contributed by atoms with Crippen molar-refractivity contribution in [3.8, 4) is 5.75 Å². The van der Waals surface area contributed by atoms with E-state index in [2.05, 4.69) is 24.4 Å². The minimum atomic E-state index is 0.245. The third-order valence-electron chi connectivity index (χ3n) is 2.82. The van der Waals surface area contributed by atoms with Crippen molar-refractivity contribution < 1.29 is 9.84 Å². The zero-order chi connectivity index (χ0) is 12.5. The number of aliphatic hydroxyl groups excluding tert-OH is 1. The van der Waals surface area contributed by atoms with Crippen LogP contribution in [0.3, 0.4) is 0 Å². The lowest BCUT2D eigenvalue weighted by molar-refractivity contribution is 0.282. The highest BCUT2D eigenvalue weighted by Gasteiger charge is 2.09. The second-order valence-corrected chi connectivity index (χ2v) is 4.15. The van der Waals surface area contributed by atoms with Crippen molar-refractivity contribution in [1.82, 2.24) is 5.32 Å². The molecule has 0 saturated heterocycles. The Morgan fingerprint density at radius 2 is 2.00 bits per heavy atom. The molecule has 1 unspecified atom stereocenters. The summed E-state index contributed by atoms with van der Waals surface area (Å²) in [5.74, 6) is 0.888. The molecule has 1 aromatic rings. The van der Waals surface area contributed by atoms with Gasteiger partial charge in [0.15, 0.2) is 0 Å². The van der Waals surface area contributed by atoms with E-state index in [9.17, 15) is 0 Å². The van der Waals surface area contributed by atoms with E-state index in [1.807, 2.05) is 12.1 Å². The third kappa shape index (κ3) is 4.75. The molecule has 0 bridgehead atoms. The van der Waals surface area contributed by atoms with Gasteiger partial charge in [-0.3, -0.25) is 0 Å². The van der Waals surface area contributed by atoms with Crippen LogP contribution in [0.15, 0.2) is 24.3 Å². The Morgan fingerprint density at radius 3 is 2.53 bits per heavy atom. The predicted molar refractivity (Wildman–Crippen MR) is 70.3 cm³/mol. The van der Waals surface area contributed by atoms with Gasteiger partial charge in [0, 0.05) is 12.6 Å². The number of hydrogen-bond acceptors (Lipinski definition) is 3. The predicted octanol–water partition coefficient (Wildman–Crippen LogP) is 2.51. The van der Waals surface area contributed by atoms with Crippen molar-refractivity contribution >= 4 is 0 Å². The molecular formula is C14H23NO2. The smallest absolute Gasteiger partial charge is 0.118 e. The van der Waals surface area contributed by atoms with Crippen molar-refractivity contribution in [2.75, 3.05) is 20.3 Å². The Hall–Kier alpha value is -1.06. The molecule has 0 spiro atoms. The largest absolute Gasteiger partial charge is 0.497 e. The highest BCUT2D eigenvalue weighted by atomic mass is 16.5. The standard InChI is InChI=1S/C14H23NO2/c1-3-5-14(15-10-4-11-16)12-6-8-13(17-2)9-7-12/h6-9,14-16H,3-5,10-11H2,1-2H3.